The first-order valence-corrected chi connectivity index (χ1v) is 5.02. The van der Waals surface area contributed by atoms with E-state index in [1.54, 1.807) is 11.3 Å². The van der Waals surface area contributed by atoms with Crippen LogP contribution >= 0.6 is 11.3 Å². The van der Waals surface area contributed by atoms with Crippen LogP contribution in [-0.4, -0.2) is 17.6 Å². The second kappa shape index (κ2) is 3.43. The van der Waals surface area contributed by atoms with Crippen molar-refractivity contribution in [2.24, 2.45) is 4.99 Å². The van der Waals surface area contributed by atoms with E-state index in [2.05, 4.69) is 22.4 Å². The SMILES string of the molecule is CCc1nc(C)sc1C1=NCON1. The lowest BCUT2D eigenvalue weighted by molar-refractivity contribution is 0.115. The van der Waals surface area contributed by atoms with E-state index < -0.39 is 0 Å². The van der Waals surface area contributed by atoms with Crippen molar-refractivity contribution in [3.05, 3.63) is 15.6 Å². The van der Waals surface area contributed by atoms with E-state index in [4.69, 9.17) is 4.84 Å². The molecule has 0 aromatic carbocycles. The summed E-state index contributed by atoms with van der Waals surface area (Å²) in [5.74, 6) is 0.822. The Balaban J connectivity index is 2.37. The molecule has 2 rings (SSSR count). The van der Waals surface area contributed by atoms with Gasteiger partial charge in [-0.05, 0) is 13.3 Å². The summed E-state index contributed by atoms with van der Waals surface area (Å²) in [4.78, 5) is 14.7. The molecule has 2 heterocycles. The van der Waals surface area contributed by atoms with Crippen molar-refractivity contribution in [2.45, 2.75) is 20.3 Å². The van der Waals surface area contributed by atoms with Gasteiger partial charge in [0, 0.05) is 0 Å². The standard InChI is InChI=1S/C8H11N3OS/c1-3-6-7(13-5(2)10-6)8-9-4-12-11-8/h3-4H2,1-2H3,(H,9,11). The van der Waals surface area contributed by atoms with Crippen LogP contribution < -0.4 is 5.48 Å². The number of nitrogens with one attached hydrogen (secondary N) is 1. The molecule has 0 atom stereocenters. The summed E-state index contributed by atoms with van der Waals surface area (Å²) in [6, 6.07) is 0. The molecule has 1 aliphatic heterocycles. The van der Waals surface area contributed by atoms with Gasteiger partial charge in [0.25, 0.3) is 0 Å². The van der Waals surface area contributed by atoms with Crippen molar-refractivity contribution < 1.29 is 4.84 Å². The molecule has 0 saturated heterocycles. The molecular formula is C8H11N3OS. The van der Waals surface area contributed by atoms with E-state index in [0.717, 1.165) is 27.8 Å². The van der Waals surface area contributed by atoms with Crippen LogP contribution in [0.25, 0.3) is 0 Å². The third-order valence-corrected chi connectivity index (χ3v) is 2.83. The van der Waals surface area contributed by atoms with Crippen LogP contribution in [-0.2, 0) is 11.3 Å². The monoisotopic (exact) mass is 197 g/mol. The largest absolute Gasteiger partial charge is 0.251 e. The van der Waals surface area contributed by atoms with Crippen LogP contribution in [0.1, 0.15) is 22.5 Å². The van der Waals surface area contributed by atoms with Crippen LogP contribution in [0.4, 0.5) is 0 Å². The predicted molar refractivity (Wildman–Crippen MR) is 51.9 cm³/mol. The van der Waals surface area contributed by atoms with Gasteiger partial charge in [-0.1, -0.05) is 6.92 Å². The van der Waals surface area contributed by atoms with Crippen LogP contribution in [0, 0.1) is 6.92 Å². The molecule has 0 spiro atoms. The van der Waals surface area contributed by atoms with Gasteiger partial charge in [-0.3, -0.25) is 4.84 Å². The maximum atomic E-state index is 4.95. The zero-order chi connectivity index (χ0) is 9.26. The van der Waals surface area contributed by atoms with Gasteiger partial charge in [0.1, 0.15) is 0 Å². The molecule has 0 bridgehead atoms. The average molecular weight is 197 g/mol. The minimum absolute atomic E-state index is 0.398. The number of aliphatic imine (C=N–C) groups is 1. The Kier molecular flexibility index (Phi) is 2.28. The number of hydrogen-bond acceptors (Lipinski definition) is 5. The molecule has 0 fully saturated rings. The summed E-state index contributed by atoms with van der Waals surface area (Å²) in [5.41, 5.74) is 3.88. The Morgan fingerprint density at radius 3 is 3.08 bits per heavy atom. The van der Waals surface area contributed by atoms with Crippen molar-refractivity contribution in [1.29, 1.82) is 0 Å². The number of hydrogen-bond donors (Lipinski definition) is 1. The molecule has 1 aliphatic rings. The highest BCUT2D eigenvalue weighted by Gasteiger charge is 2.16. The summed E-state index contributed by atoms with van der Waals surface area (Å²) in [5, 5.41) is 1.07. The van der Waals surface area contributed by atoms with Crippen molar-refractivity contribution in [2.75, 3.05) is 6.73 Å². The predicted octanol–water partition coefficient (Wildman–Crippen LogP) is 1.25. The number of hydroxylamine groups is 1. The first-order valence-electron chi connectivity index (χ1n) is 4.20. The fourth-order valence-electron chi connectivity index (χ4n) is 1.24. The number of aromatic nitrogens is 1. The Morgan fingerprint density at radius 2 is 2.46 bits per heavy atom. The van der Waals surface area contributed by atoms with E-state index in [0.29, 0.717) is 6.73 Å². The number of aryl methyl sites for hydroxylation is 2. The number of thiazole rings is 1. The lowest BCUT2D eigenvalue weighted by atomic mass is 10.3. The third kappa shape index (κ3) is 1.57. The molecule has 70 valence electrons. The fraction of sp³-hybridized carbons (Fsp3) is 0.500. The first kappa shape index (κ1) is 8.65. The second-order valence-corrected chi connectivity index (χ2v) is 3.95. The Bertz CT molecular complexity index is 345. The van der Waals surface area contributed by atoms with E-state index in [-0.39, 0.29) is 0 Å². The van der Waals surface area contributed by atoms with E-state index in [9.17, 15) is 0 Å². The van der Waals surface area contributed by atoms with Crippen LogP contribution in [0.5, 0.6) is 0 Å². The second-order valence-electron chi connectivity index (χ2n) is 2.74. The maximum Gasteiger partial charge on any atom is 0.167 e. The minimum atomic E-state index is 0.398. The Hall–Kier alpha value is -0.940. The van der Waals surface area contributed by atoms with Crippen LogP contribution in [0.3, 0.4) is 0 Å². The summed E-state index contributed by atoms with van der Waals surface area (Å²) >= 11 is 1.65. The number of rotatable bonds is 2. The summed E-state index contributed by atoms with van der Waals surface area (Å²) in [6.07, 6.45) is 0.931. The van der Waals surface area contributed by atoms with Crippen LogP contribution in [0.2, 0.25) is 0 Å². The molecule has 5 heteroatoms. The Morgan fingerprint density at radius 1 is 1.62 bits per heavy atom. The molecule has 1 N–H and O–H groups in total. The highest BCUT2D eigenvalue weighted by molar-refractivity contribution is 7.13. The molecule has 0 saturated carbocycles. The fourth-order valence-corrected chi connectivity index (χ4v) is 2.20. The summed E-state index contributed by atoms with van der Waals surface area (Å²) in [7, 11) is 0. The van der Waals surface area contributed by atoms with Gasteiger partial charge in [-0.2, -0.15) is 0 Å². The normalized spacial score (nSPS) is 15.7. The van der Waals surface area contributed by atoms with E-state index in [1.165, 1.54) is 0 Å². The van der Waals surface area contributed by atoms with Gasteiger partial charge in [-0.25, -0.2) is 15.5 Å². The van der Waals surface area contributed by atoms with Crippen molar-refractivity contribution in [3.63, 3.8) is 0 Å². The zero-order valence-electron chi connectivity index (χ0n) is 7.63. The first-order chi connectivity index (χ1) is 6.31. The maximum absolute atomic E-state index is 4.95. The summed E-state index contributed by atoms with van der Waals surface area (Å²) in [6.45, 7) is 4.49. The van der Waals surface area contributed by atoms with Crippen molar-refractivity contribution in [1.82, 2.24) is 10.5 Å². The zero-order valence-corrected chi connectivity index (χ0v) is 8.44. The topological polar surface area (TPSA) is 46.5 Å². The molecule has 1 aromatic rings. The molecular weight excluding hydrogens is 186 g/mol. The molecule has 1 aromatic heterocycles. The molecule has 0 aliphatic carbocycles. The lowest BCUT2D eigenvalue weighted by Crippen LogP contribution is -2.17. The minimum Gasteiger partial charge on any atom is -0.251 e. The van der Waals surface area contributed by atoms with Crippen molar-refractivity contribution in [3.8, 4) is 0 Å². The molecule has 4 nitrogen and oxygen atoms in total. The third-order valence-electron chi connectivity index (χ3n) is 1.81. The van der Waals surface area contributed by atoms with Gasteiger partial charge < -0.3 is 0 Å². The van der Waals surface area contributed by atoms with Crippen molar-refractivity contribution >= 4 is 17.2 Å². The highest BCUT2D eigenvalue weighted by atomic mass is 32.1. The van der Waals surface area contributed by atoms with Gasteiger partial charge in [0.05, 0.1) is 15.6 Å². The number of amidine groups is 1. The van der Waals surface area contributed by atoms with Gasteiger partial charge in [-0.15, -0.1) is 11.3 Å². The van der Waals surface area contributed by atoms with Gasteiger partial charge in [0.15, 0.2) is 12.6 Å². The molecule has 13 heavy (non-hydrogen) atoms. The molecule has 0 unspecified atom stereocenters. The Labute approximate surface area is 80.6 Å². The lowest BCUT2D eigenvalue weighted by Gasteiger charge is -1.98. The smallest absolute Gasteiger partial charge is 0.167 e. The molecule has 0 amide bonds. The highest BCUT2D eigenvalue weighted by Crippen LogP contribution is 2.19. The summed E-state index contributed by atoms with van der Waals surface area (Å²) < 4.78 is 0. The van der Waals surface area contributed by atoms with E-state index >= 15 is 0 Å². The van der Waals surface area contributed by atoms with Crippen LogP contribution in [0.15, 0.2) is 4.99 Å². The quantitative estimate of drug-likeness (QED) is 0.776. The number of nitrogens with zero attached hydrogens (tertiary/aromatic N) is 2. The molecule has 0 radical (unpaired) electrons. The van der Waals surface area contributed by atoms with Gasteiger partial charge >= 0.3 is 0 Å². The van der Waals surface area contributed by atoms with Gasteiger partial charge in [0.2, 0.25) is 0 Å². The average Bonchev–Trinajstić information content (AvgIpc) is 2.71. The van der Waals surface area contributed by atoms with E-state index in [1.807, 2.05) is 6.92 Å².